The zero-order valence-corrected chi connectivity index (χ0v) is 8.14. The number of carbonyl (C=O) groups excluding carboxylic acids is 1. The van der Waals surface area contributed by atoms with Gasteiger partial charge in [0.1, 0.15) is 0 Å². The topological polar surface area (TPSA) is 81.1 Å². The van der Waals surface area contributed by atoms with Gasteiger partial charge in [0.05, 0.1) is 12.1 Å². The maximum absolute atomic E-state index is 12.5. The minimum Gasteiger partial charge on any atom is -0.399 e. The summed E-state index contributed by atoms with van der Waals surface area (Å²) in [5, 5.41) is 2.30. The molecular formula is C9H10F3N3O. The fourth-order valence-electron chi connectivity index (χ4n) is 1.13. The van der Waals surface area contributed by atoms with E-state index in [1.54, 1.807) is 0 Å². The van der Waals surface area contributed by atoms with Gasteiger partial charge in [-0.25, -0.2) is 0 Å². The van der Waals surface area contributed by atoms with Crippen molar-refractivity contribution in [3.8, 4) is 0 Å². The van der Waals surface area contributed by atoms with E-state index >= 15 is 0 Å². The van der Waals surface area contributed by atoms with Crippen molar-refractivity contribution in [2.24, 2.45) is 5.73 Å². The molecule has 0 aliphatic heterocycles. The molecule has 1 rings (SSSR count). The molecule has 0 bridgehead atoms. The molecule has 1 aromatic carbocycles. The first-order chi connectivity index (χ1) is 7.30. The summed E-state index contributed by atoms with van der Waals surface area (Å²) in [6.07, 6.45) is -4.53. The molecule has 0 aromatic heterocycles. The predicted octanol–water partition coefficient (Wildman–Crippen LogP) is 1.18. The number of nitrogens with one attached hydrogen (secondary N) is 1. The standard InChI is InChI=1S/C9H10F3N3O/c10-9(11,12)6-3-5(13)1-2-7(6)15-4-8(14)16/h1-3,15H,4,13H2,(H2,14,16). The second-order valence-corrected chi connectivity index (χ2v) is 3.12. The normalized spacial score (nSPS) is 11.2. The zero-order chi connectivity index (χ0) is 12.3. The molecule has 0 fully saturated rings. The van der Waals surface area contributed by atoms with Crippen LogP contribution < -0.4 is 16.8 Å². The molecule has 0 aliphatic carbocycles. The number of hydrogen-bond acceptors (Lipinski definition) is 3. The lowest BCUT2D eigenvalue weighted by molar-refractivity contribution is -0.137. The van der Waals surface area contributed by atoms with Crippen LogP contribution in [0.5, 0.6) is 0 Å². The lowest BCUT2D eigenvalue weighted by Crippen LogP contribution is -2.23. The lowest BCUT2D eigenvalue weighted by Gasteiger charge is -2.14. The van der Waals surface area contributed by atoms with Crippen LogP contribution in [0, 0.1) is 0 Å². The van der Waals surface area contributed by atoms with E-state index in [-0.39, 0.29) is 17.9 Å². The fourth-order valence-corrected chi connectivity index (χ4v) is 1.13. The van der Waals surface area contributed by atoms with Crippen LogP contribution in [0.2, 0.25) is 0 Å². The first-order valence-corrected chi connectivity index (χ1v) is 4.29. The van der Waals surface area contributed by atoms with Gasteiger partial charge in [0.25, 0.3) is 0 Å². The van der Waals surface area contributed by atoms with Crippen LogP contribution in [0.1, 0.15) is 5.56 Å². The number of nitrogen functional groups attached to an aromatic ring is 1. The highest BCUT2D eigenvalue weighted by atomic mass is 19.4. The van der Waals surface area contributed by atoms with Crippen molar-refractivity contribution in [1.29, 1.82) is 0 Å². The minimum absolute atomic E-state index is 0.00282. The Balaban J connectivity index is 3.03. The van der Waals surface area contributed by atoms with Gasteiger partial charge in [-0.1, -0.05) is 0 Å². The minimum atomic E-state index is -4.53. The van der Waals surface area contributed by atoms with Crippen molar-refractivity contribution in [2.75, 3.05) is 17.6 Å². The average Bonchev–Trinajstić information content (AvgIpc) is 2.14. The van der Waals surface area contributed by atoms with Crippen LogP contribution >= 0.6 is 0 Å². The van der Waals surface area contributed by atoms with Crippen LogP contribution in [-0.4, -0.2) is 12.5 Å². The molecule has 0 saturated heterocycles. The first-order valence-electron chi connectivity index (χ1n) is 4.29. The predicted molar refractivity (Wildman–Crippen MR) is 53.5 cm³/mol. The van der Waals surface area contributed by atoms with Crippen molar-refractivity contribution in [3.05, 3.63) is 23.8 Å². The Labute approximate surface area is 89.4 Å². The summed E-state index contributed by atoms with van der Waals surface area (Å²) in [7, 11) is 0. The van der Waals surface area contributed by atoms with Gasteiger partial charge in [-0.2, -0.15) is 13.2 Å². The van der Waals surface area contributed by atoms with E-state index in [1.165, 1.54) is 6.07 Å². The largest absolute Gasteiger partial charge is 0.418 e. The van der Waals surface area contributed by atoms with Gasteiger partial charge >= 0.3 is 6.18 Å². The summed E-state index contributed by atoms with van der Waals surface area (Å²) >= 11 is 0. The van der Waals surface area contributed by atoms with Crippen LogP contribution in [0.15, 0.2) is 18.2 Å². The SMILES string of the molecule is NC(=O)CNc1ccc(N)cc1C(F)(F)F. The van der Waals surface area contributed by atoms with E-state index in [4.69, 9.17) is 11.5 Å². The molecule has 4 nitrogen and oxygen atoms in total. The summed E-state index contributed by atoms with van der Waals surface area (Å²) < 4.78 is 37.6. The maximum atomic E-state index is 12.5. The van der Waals surface area contributed by atoms with Gasteiger partial charge in [0, 0.05) is 11.4 Å². The van der Waals surface area contributed by atoms with Crippen LogP contribution in [-0.2, 0) is 11.0 Å². The van der Waals surface area contributed by atoms with Gasteiger partial charge in [0.15, 0.2) is 0 Å². The average molecular weight is 233 g/mol. The Morgan fingerprint density at radius 3 is 2.50 bits per heavy atom. The third-order valence-corrected chi connectivity index (χ3v) is 1.80. The summed E-state index contributed by atoms with van der Waals surface area (Å²) in [4.78, 5) is 10.5. The van der Waals surface area contributed by atoms with E-state index in [0.29, 0.717) is 0 Å². The molecule has 0 spiro atoms. The number of anilines is 2. The molecule has 5 N–H and O–H groups in total. The van der Waals surface area contributed by atoms with Crippen LogP contribution in [0.3, 0.4) is 0 Å². The van der Waals surface area contributed by atoms with Gasteiger partial charge in [0.2, 0.25) is 5.91 Å². The molecule has 0 heterocycles. The lowest BCUT2D eigenvalue weighted by atomic mass is 10.1. The molecule has 7 heteroatoms. The molecule has 0 atom stereocenters. The zero-order valence-electron chi connectivity index (χ0n) is 8.14. The highest BCUT2D eigenvalue weighted by Crippen LogP contribution is 2.35. The Morgan fingerprint density at radius 2 is 2.00 bits per heavy atom. The molecule has 1 amide bonds. The van der Waals surface area contributed by atoms with Crippen LogP contribution in [0.4, 0.5) is 24.5 Å². The number of nitrogens with two attached hydrogens (primary N) is 2. The van der Waals surface area contributed by atoms with E-state index in [2.05, 4.69) is 5.32 Å². The maximum Gasteiger partial charge on any atom is 0.418 e. The fraction of sp³-hybridized carbons (Fsp3) is 0.222. The molecule has 0 aliphatic rings. The monoisotopic (exact) mass is 233 g/mol. The highest BCUT2D eigenvalue weighted by Gasteiger charge is 2.33. The smallest absolute Gasteiger partial charge is 0.399 e. The Bertz CT molecular complexity index is 403. The second kappa shape index (κ2) is 4.30. The van der Waals surface area contributed by atoms with Gasteiger partial charge in [-0.05, 0) is 18.2 Å². The van der Waals surface area contributed by atoms with Crippen molar-refractivity contribution in [1.82, 2.24) is 0 Å². The van der Waals surface area contributed by atoms with Crippen molar-refractivity contribution in [2.45, 2.75) is 6.18 Å². The van der Waals surface area contributed by atoms with Crippen LogP contribution in [0.25, 0.3) is 0 Å². The molecule has 0 unspecified atom stereocenters. The highest BCUT2D eigenvalue weighted by molar-refractivity contribution is 5.79. The molecule has 0 radical (unpaired) electrons. The van der Waals surface area contributed by atoms with Crippen molar-refractivity contribution in [3.63, 3.8) is 0 Å². The first kappa shape index (κ1) is 12.2. The molecule has 16 heavy (non-hydrogen) atoms. The summed E-state index contributed by atoms with van der Waals surface area (Å²) in [5.41, 5.74) is 8.94. The number of carbonyl (C=O) groups is 1. The molecular weight excluding hydrogens is 223 g/mol. The Kier molecular flexibility index (Phi) is 3.26. The van der Waals surface area contributed by atoms with Gasteiger partial charge < -0.3 is 16.8 Å². The van der Waals surface area contributed by atoms with E-state index in [0.717, 1.165) is 12.1 Å². The van der Waals surface area contributed by atoms with Gasteiger partial charge in [-0.3, -0.25) is 4.79 Å². The Hall–Kier alpha value is -1.92. The number of hydrogen-bond donors (Lipinski definition) is 3. The second-order valence-electron chi connectivity index (χ2n) is 3.12. The van der Waals surface area contributed by atoms with E-state index in [9.17, 15) is 18.0 Å². The Morgan fingerprint density at radius 1 is 1.38 bits per heavy atom. The summed E-state index contributed by atoms with van der Waals surface area (Å²) in [6.45, 7) is -0.368. The number of benzene rings is 1. The van der Waals surface area contributed by atoms with E-state index < -0.39 is 17.6 Å². The van der Waals surface area contributed by atoms with E-state index in [1.807, 2.05) is 0 Å². The van der Waals surface area contributed by atoms with Crippen molar-refractivity contribution < 1.29 is 18.0 Å². The quantitative estimate of drug-likeness (QED) is 0.686. The van der Waals surface area contributed by atoms with Crippen molar-refractivity contribution >= 4 is 17.3 Å². The third kappa shape index (κ3) is 3.04. The third-order valence-electron chi connectivity index (χ3n) is 1.80. The number of alkyl halides is 3. The number of halogens is 3. The summed E-state index contributed by atoms with van der Waals surface area (Å²) in [6, 6.07) is 3.25. The summed E-state index contributed by atoms with van der Waals surface area (Å²) in [5.74, 6) is -0.745. The number of rotatable bonds is 3. The molecule has 88 valence electrons. The number of amides is 1. The molecule has 0 saturated carbocycles. The molecule has 1 aromatic rings. The number of primary amides is 1. The van der Waals surface area contributed by atoms with Gasteiger partial charge in [-0.15, -0.1) is 0 Å².